The normalized spacial score (nSPS) is 17.6. The van der Waals surface area contributed by atoms with Crippen LogP contribution in [-0.2, 0) is 9.53 Å². The summed E-state index contributed by atoms with van der Waals surface area (Å²) in [6, 6.07) is 7.57. The molecule has 2 atom stereocenters. The molecular weight excluding hydrogens is 376 g/mol. The van der Waals surface area contributed by atoms with Gasteiger partial charge in [-0.25, -0.2) is 9.78 Å². The van der Waals surface area contributed by atoms with Crippen molar-refractivity contribution in [1.82, 2.24) is 20.2 Å². The van der Waals surface area contributed by atoms with Crippen LogP contribution in [0.3, 0.4) is 0 Å². The molecule has 1 aromatic carbocycles. The van der Waals surface area contributed by atoms with Crippen molar-refractivity contribution in [2.45, 2.75) is 32.2 Å². The summed E-state index contributed by atoms with van der Waals surface area (Å²) in [6.45, 7) is 6.47. The van der Waals surface area contributed by atoms with E-state index in [0.717, 1.165) is 22.8 Å². The van der Waals surface area contributed by atoms with Crippen LogP contribution in [0.2, 0.25) is 0 Å². The lowest BCUT2D eigenvalue weighted by Crippen LogP contribution is -2.51. The monoisotopic (exact) mass is 402 g/mol. The Bertz CT molecular complexity index is 834. The van der Waals surface area contributed by atoms with Crippen molar-refractivity contribution >= 4 is 23.8 Å². The van der Waals surface area contributed by atoms with E-state index in [2.05, 4.69) is 32.2 Å². The summed E-state index contributed by atoms with van der Waals surface area (Å²) >= 11 is 1.66. The van der Waals surface area contributed by atoms with Gasteiger partial charge < -0.3 is 19.9 Å². The second kappa shape index (κ2) is 8.68. The van der Waals surface area contributed by atoms with E-state index in [9.17, 15) is 9.59 Å². The zero-order chi connectivity index (χ0) is 20.3. The molecule has 2 aromatic rings. The molecule has 0 unspecified atom stereocenters. The molecule has 0 radical (unpaired) electrons. The van der Waals surface area contributed by atoms with E-state index < -0.39 is 12.1 Å². The number of alkyl carbamates (subject to hydrolysis) is 1. The van der Waals surface area contributed by atoms with Crippen molar-refractivity contribution in [3.05, 3.63) is 41.9 Å². The number of hydrogen-bond acceptors (Lipinski definition) is 5. The Morgan fingerprint density at radius 1 is 1.32 bits per heavy atom. The molecular formula is C20H26N4O3S. The summed E-state index contributed by atoms with van der Waals surface area (Å²) in [4.78, 5) is 34.5. The van der Waals surface area contributed by atoms with Crippen LogP contribution in [0, 0.1) is 12.8 Å². The molecule has 1 aliphatic heterocycles. The topological polar surface area (TPSA) is 87.3 Å². The summed E-state index contributed by atoms with van der Waals surface area (Å²) in [5, 5.41) is 2.46. The van der Waals surface area contributed by atoms with Crippen LogP contribution < -0.4 is 5.32 Å². The number of hydrogen-bond donors (Lipinski definition) is 2. The van der Waals surface area contributed by atoms with E-state index in [4.69, 9.17) is 0 Å². The van der Waals surface area contributed by atoms with Crippen LogP contribution >= 0.6 is 11.8 Å². The molecule has 2 N–H and O–H groups in total. The minimum absolute atomic E-state index is 0.0578. The summed E-state index contributed by atoms with van der Waals surface area (Å²) in [6.07, 6.45) is 1.20. The van der Waals surface area contributed by atoms with Gasteiger partial charge in [0, 0.05) is 12.3 Å². The molecule has 1 aliphatic rings. The number of methoxy groups -OCH3 is 1. The molecule has 7 nitrogen and oxygen atoms in total. The first kappa shape index (κ1) is 20.3. The average molecular weight is 403 g/mol. The minimum Gasteiger partial charge on any atom is -0.453 e. The Morgan fingerprint density at radius 2 is 2.04 bits per heavy atom. The van der Waals surface area contributed by atoms with E-state index in [1.54, 1.807) is 22.9 Å². The average Bonchev–Trinajstić information content (AvgIpc) is 3.34. The molecule has 28 heavy (non-hydrogen) atoms. The van der Waals surface area contributed by atoms with Gasteiger partial charge in [-0.2, -0.15) is 0 Å². The van der Waals surface area contributed by atoms with Crippen LogP contribution in [0.4, 0.5) is 4.79 Å². The molecule has 2 amide bonds. The number of nitrogens with zero attached hydrogens (tertiary/aromatic N) is 2. The number of ether oxygens (including phenoxy) is 1. The van der Waals surface area contributed by atoms with Crippen LogP contribution in [0.5, 0.6) is 0 Å². The Kier molecular flexibility index (Phi) is 6.28. The second-order valence-corrected chi connectivity index (χ2v) is 8.35. The lowest BCUT2D eigenvalue weighted by Gasteiger charge is -2.29. The first-order valence-corrected chi connectivity index (χ1v) is 10.3. The lowest BCUT2D eigenvalue weighted by molar-refractivity contribution is -0.134. The van der Waals surface area contributed by atoms with Gasteiger partial charge in [-0.3, -0.25) is 4.79 Å². The minimum atomic E-state index is -0.639. The van der Waals surface area contributed by atoms with E-state index in [-0.39, 0.29) is 17.2 Å². The maximum atomic E-state index is 13.1. The van der Waals surface area contributed by atoms with E-state index in [0.29, 0.717) is 6.54 Å². The molecule has 0 saturated carbocycles. The smallest absolute Gasteiger partial charge is 0.407 e. The van der Waals surface area contributed by atoms with E-state index in [1.807, 2.05) is 32.9 Å². The van der Waals surface area contributed by atoms with Crippen molar-refractivity contribution in [1.29, 1.82) is 0 Å². The fourth-order valence-corrected chi connectivity index (χ4v) is 4.33. The highest BCUT2D eigenvalue weighted by Crippen LogP contribution is 2.37. The number of amides is 2. The third kappa shape index (κ3) is 4.32. The molecule has 1 aromatic heterocycles. The van der Waals surface area contributed by atoms with Gasteiger partial charge in [0.2, 0.25) is 5.91 Å². The number of rotatable bonds is 5. The fourth-order valence-electron chi connectivity index (χ4n) is 3.14. The number of carbonyl (C=O) groups is 2. The number of benzene rings is 1. The number of aromatic nitrogens is 2. The van der Waals surface area contributed by atoms with Crippen LogP contribution in [0.1, 0.15) is 30.6 Å². The molecule has 0 spiro atoms. The number of aryl methyl sites for hydroxylation is 1. The summed E-state index contributed by atoms with van der Waals surface area (Å²) in [7, 11) is 1.29. The molecule has 0 bridgehead atoms. The number of nitrogens with one attached hydrogen (secondary N) is 2. The molecule has 8 heteroatoms. The van der Waals surface area contributed by atoms with Gasteiger partial charge in [0.1, 0.15) is 17.2 Å². The summed E-state index contributed by atoms with van der Waals surface area (Å²) in [5.41, 5.74) is 3.17. The Balaban J connectivity index is 1.79. The molecule has 0 aliphatic carbocycles. The number of aromatic amines is 1. The summed E-state index contributed by atoms with van der Waals surface area (Å²) < 4.78 is 4.67. The molecule has 3 rings (SSSR count). The van der Waals surface area contributed by atoms with Gasteiger partial charge in [-0.1, -0.05) is 43.7 Å². The van der Waals surface area contributed by atoms with Crippen molar-refractivity contribution in [2.75, 3.05) is 19.4 Å². The SMILES string of the molecule is COC(=O)N[C@H](C(=O)N1CCS[C@H]1c1ncc(-c2ccc(C)cc2)[nH]1)C(C)C. The van der Waals surface area contributed by atoms with E-state index in [1.165, 1.54) is 12.7 Å². The molecule has 2 heterocycles. The van der Waals surface area contributed by atoms with Gasteiger partial charge in [-0.05, 0) is 18.4 Å². The molecule has 150 valence electrons. The first-order chi connectivity index (χ1) is 13.4. The highest BCUT2D eigenvalue weighted by Gasteiger charge is 2.38. The maximum Gasteiger partial charge on any atom is 0.407 e. The Morgan fingerprint density at radius 3 is 2.68 bits per heavy atom. The summed E-state index contributed by atoms with van der Waals surface area (Å²) in [5.74, 6) is 1.38. The highest BCUT2D eigenvalue weighted by atomic mass is 32.2. The van der Waals surface area contributed by atoms with Crippen LogP contribution in [0.25, 0.3) is 11.3 Å². The molecule has 1 fully saturated rings. The van der Waals surface area contributed by atoms with Gasteiger partial charge in [0.15, 0.2) is 0 Å². The number of thioether (sulfide) groups is 1. The van der Waals surface area contributed by atoms with E-state index >= 15 is 0 Å². The zero-order valence-corrected chi connectivity index (χ0v) is 17.4. The van der Waals surface area contributed by atoms with Gasteiger partial charge in [-0.15, -0.1) is 11.8 Å². The zero-order valence-electron chi connectivity index (χ0n) is 16.6. The van der Waals surface area contributed by atoms with Gasteiger partial charge in [0.05, 0.1) is 19.0 Å². The predicted octanol–water partition coefficient (Wildman–Crippen LogP) is 3.34. The van der Waals surface area contributed by atoms with Crippen molar-refractivity contribution in [3.8, 4) is 11.3 Å². The predicted molar refractivity (Wildman–Crippen MR) is 110 cm³/mol. The third-order valence-corrected chi connectivity index (χ3v) is 5.97. The third-order valence-electron chi connectivity index (χ3n) is 4.76. The maximum absolute atomic E-state index is 13.1. The van der Waals surface area contributed by atoms with Crippen LogP contribution in [0.15, 0.2) is 30.5 Å². The quantitative estimate of drug-likeness (QED) is 0.801. The second-order valence-electron chi connectivity index (χ2n) is 7.16. The van der Waals surface area contributed by atoms with Crippen molar-refractivity contribution in [3.63, 3.8) is 0 Å². The Hall–Kier alpha value is -2.48. The van der Waals surface area contributed by atoms with Crippen molar-refractivity contribution < 1.29 is 14.3 Å². The largest absolute Gasteiger partial charge is 0.453 e. The first-order valence-electron chi connectivity index (χ1n) is 9.29. The van der Waals surface area contributed by atoms with Gasteiger partial charge in [0.25, 0.3) is 0 Å². The lowest BCUT2D eigenvalue weighted by atomic mass is 10.0. The highest BCUT2D eigenvalue weighted by molar-refractivity contribution is 7.99. The number of H-pyrrole nitrogens is 1. The number of carbonyl (C=O) groups excluding carboxylic acids is 2. The Labute approximate surface area is 169 Å². The van der Waals surface area contributed by atoms with Crippen molar-refractivity contribution in [2.24, 2.45) is 5.92 Å². The van der Waals surface area contributed by atoms with Crippen LogP contribution in [-0.4, -0.2) is 52.3 Å². The standard InChI is InChI=1S/C20H26N4O3S/c1-12(2)16(23-20(26)27-4)18(25)24-9-10-28-19(24)17-21-11-15(22-17)14-7-5-13(3)6-8-14/h5-8,11-12,16,19H,9-10H2,1-4H3,(H,21,22)(H,23,26)/t16-,19-/m0/s1. The number of imidazole rings is 1. The molecule has 1 saturated heterocycles. The fraction of sp³-hybridized carbons (Fsp3) is 0.450. The van der Waals surface area contributed by atoms with Gasteiger partial charge >= 0.3 is 6.09 Å².